The highest BCUT2D eigenvalue weighted by atomic mass is 32.4. The molecule has 2 N–H and O–H groups in total. The average molecular weight is 831 g/mol. The first-order valence-corrected chi connectivity index (χ1v) is 23.4. The van der Waals surface area contributed by atoms with Crippen LogP contribution >= 0.6 is 32.9 Å². The molecule has 2 rings (SSSR count). The summed E-state index contributed by atoms with van der Waals surface area (Å²) in [6, 6.07) is 6.85. The monoisotopic (exact) mass is 830 g/mol. The second-order valence-electron chi connectivity index (χ2n) is 12.0. The maximum Gasteiger partial charge on any atom is 0.332 e. The molecular weight excluding hydrogens is 753 g/mol. The number of hydrogen-bond donors (Lipinski definition) is 2. The van der Waals surface area contributed by atoms with Gasteiger partial charge in [-0.2, -0.15) is 24.8 Å². The van der Waals surface area contributed by atoms with E-state index >= 15 is 0 Å². The number of ether oxygens (including phenoxy) is 5. The van der Waals surface area contributed by atoms with Crippen molar-refractivity contribution in [2.75, 3.05) is 41.0 Å². The fourth-order valence-corrected chi connectivity index (χ4v) is 12.3. The van der Waals surface area contributed by atoms with Crippen molar-refractivity contribution in [1.82, 2.24) is 9.55 Å². The maximum absolute atomic E-state index is 12.8. The minimum absolute atomic E-state index is 0.00765. The molecule has 0 fully saturated rings. The molecule has 0 aliphatic rings. The summed E-state index contributed by atoms with van der Waals surface area (Å²) in [6.45, 7) is 30.2. The average Bonchev–Trinajstić information content (AvgIpc) is 3.16. The first kappa shape index (κ1) is 56.6. The number of H-pyrrole nitrogens is 1. The minimum Gasteiger partial charge on any atom is -0.497 e. The van der Waals surface area contributed by atoms with Crippen LogP contribution in [0.15, 0.2) is 40.1 Å². The van der Waals surface area contributed by atoms with Crippen molar-refractivity contribution in [1.29, 1.82) is 0 Å². The van der Waals surface area contributed by atoms with Crippen LogP contribution < -0.4 is 20.7 Å². The molecule has 1 heterocycles. The van der Waals surface area contributed by atoms with Crippen LogP contribution in [0, 0.1) is 0 Å². The Morgan fingerprint density at radius 2 is 1.35 bits per heavy atom. The molecule has 1 aromatic heterocycles. The highest BCUT2D eigenvalue weighted by Crippen LogP contribution is 2.71. The summed E-state index contributed by atoms with van der Waals surface area (Å²) in [6.07, 6.45) is 0.275. The number of hydrogen-bond acceptors (Lipinski definition) is 11. The van der Waals surface area contributed by atoms with E-state index in [4.69, 9.17) is 26.8 Å². The molecule has 2 atom stereocenters. The van der Waals surface area contributed by atoms with Gasteiger partial charge < -0.3 is 23.7 Å². The Hall–Kier alpha value is -1.69. The van der Waals surface area contributed by atoms with E-state index in [1.807, 2.05) is 94.4 Å². The van der Waals surface area contributed by atoms with Crippen LogP contribution in [0.3, 0.4) is 0 Å². The third-order valence-corrected chi connectivity index (χ3v) is 15.6. The van der Waals surface area contributed by atoms with Gasteiger partial charge in [0, 0.05) is 64.9 Å². The van der Waals surface area contributed by atoms with E-state index in [-0.39, 0.29) is 33.5 Å². The Balaban J connectivity index is -0.00000266. The molecule has 0 amide bonds. The Labute approximate surface area is 336 Å². The van der Waals surface area contributed by atoms with Crippen LogP contribution in [-0.2, 0) is 27.8 Å². The third-order valence-electron chi connectivity index (χ3n) is 7.21. The van der Waals surface area contributed by atoms with Crippen LogP contribution in [0.2, 0.25) is 0 Å². The van der Waals surface area contributed by atoms with Crippen LogP contribution in [0.4, 0.5) is 0 Å². The zero-order valence-electron chi connectivity index (χ0n) is 37.0. The molecule has 54 heavy (non-hydrogen) atoms. The van der Waals surface area contributed by atoms with Gasteiger partial charge >= 0.3 is 5.69 Å². The number of aromatic nitrogens is 2. The second kappa shape index (κ2) is 31.4. The molecule has 0 spiro atoms. The lowest BCUT2D eigenvalue weighted by Crippen LogP contribution is -2.37. The lowest BCUT2D eigenvalue weighted by atomic mass is 10.2. The molecule has 0 radical (unpaired) electrons. The standard InChI is InChI=1S/C31H54N2O9S3.C2H6O.3C2H6/c1-12-26(18-40-45(23(6)7,24(8)9)42-44(36,21(2)3)22(4)5)41-31(33-16-15-29(34)32-30(33)35)39-20-43-19-25-13-14-27(37-10)17-28(25)38-11;1-3-2;3*1-2/h13-17,21-24,26,31,36H,12,18-20H2,1-11H3,(H,32,34,35);1-2H3;3*1-2H3. The molecule has 0 saturated heterocycles. The summed E-state index contributed by atoms with van der Waals surface area (Å²) in [5.41, 5.74) is -0.215. The predicted molar refractivity (Wildman–Crippen MR) is 235 cm³/mol. The highest BCUT2D eigenvalue weighted by molar-refractivity contribution is 8.38. The lowest BCUT2D eigenvalue weighted by molar-refractivity contribution is -0.213. The van der Waals surface area contributed by atoms with E-state index < -0.39 is 44.9 Å². The molecule has 12 nitrogen and oxygen atoms in total. The summed E-state index contributed by atoms with van der Waals surface area (Å²) in [5, 5.41) is -0.175. The lowest BCUT2D eigenvalue weighted by Gasteiger charge is -2.58. The molecule has 2 unspecified atom stereocenters. The van der Waals surface area contributed by atoms with Crippen molar-refractivity contribution < 1.29 is 36.0 Å². The number of nitrogens with zero attached hydrogens (tertiary/aromatic N) is 1. The zero-order chi connectivity index (χ0) is 42.7. The van der Waals surface area contributed by atoms with Crippen molar-refractivity contribution in [3.63, 3.8) is 0 Å². The van der Waals surface area contributed by atoms with Crippen molar-refractivity contribution in [3.05, 3.63) is 56.9 Å². The number of rotatable bonds is 20. The number of methoxy groups -OCH3 is 3. The van der Waals surface area contributed by atoms with Gasteiger partial charge in [0.25, 0.3) is 5.56 Å². The smallest absolute Gasteiger partial charge is 0.332 e. The minimum atomic E-state index is -2.45. The van der Waals surface area contributed by atoms with Gasteiger partial charge in [-0.3, -0.25) is 23.1 Å². The largest absolute Gasteiger partial charge is 0.497 e. The van der Waals surface area contributed by atoms with E-state index in [2.05, 4.69) is 37.4 Å². The van der Waals surface area contributed by atoms with E-state index in [1.54, 1.807) is 28.4 Å². The van der Waals surface area contributed by atoms with Gasteiger partial charge in [0.15, 0.2) is 0 Å². The van der Waals surface area contributed by atoms with Gasteiger partial charge in [-0.05, 0) is 67.9 Å². The topological polar surface area (TPSA) is 140 Å². The van der Waals surface area contributed by atoms with Crippen molar-refractivity contribution in [3.8, 4) is 11.5 Å². The van der Waals surface area contributed by atoms with Gasteiger partial charge in [0.1, 0.15) is 11.5 Å². The molecule has 2 aromatic rings. The molecule has 0 aliphatic carbocycles. The second-order valence-corrected chi connectivity index (χ2v) is 19.9. The molecule has 0 aliphatic heterocycles. The maximum atomic E-state index is 12.8. The van der Waals surface area contributed by atoms with E-state index in [1.165, 1.54) is 28.6 Å². The molecule has 15 heteroatoms. The van der Waals surface area contributed by atoms with Crippen molar-refractivity contribution in [2.24, 2.45) is 0 Å². The summed E-state index contributed by atoms with van der Waals surface area (Å²) >= 11 is 1.47. The van der Waals surface area contributed by atoms with Crippen LogP contribution in [0.5, 0.6) is 11.5 Å². The molecule has 322 valence electrons. The van der Waals surface area contributed by atoms with E-state index in [9.17, 15) is 14.1 Å². The van der Waals surface area contributed by atoms with Gasteiger partial charge in [-0.25, -0.2) is 4.79 Å². The Bertz CT molecular complexity index is 1310. The van der Waals surface area contributed by atoms with Gasteiger partial charge in [-0.1, -0.05) is 54.5 Å². The summed E-state index contributed by atoms with van der Waals surface area (Å²) in [4.78, 5) is 26.8. The van der Waals surface area contributed by atoms with Crippen LogP contribution in [-0.4, -0.2) is 82.2 Å². The fourth-order valence-electron chi connectivity index (χ4n) is 4.47. The molecule has 0 saturated carbocycles. The Morgan fingerprint density at radius 1 is 0.815 bits per heavy atom. The molecular formula is C39H78N2O10S3. The van der Waals surface area contributed by atoms with E-state index in [0.717, 1.165) is 5.56 Å². The predicted octanol–water partition coefficient (Wildman–Crippen LogP) is 10.5. The van der Waals surface area contributed by atoms with Crippen LogP contribution in [0.25, 0.3) is 0 Å². The quantitative estimate of drug-likeness (QED) is 0.0973. The van der Waals surface area contributed by atoms with Gasteiger partial charge in [0.2, 0.25) is 6.41 Å². The first-order valence-electron chi connectivity index (χ1n) is 19.0. The van der Waals surface area contributed by atoms with Crippen molar-refractivity contribution in [2.45, 2.75) is 150 Å². The summed E-state index contributed by atoms with van der Waals surface area (Å²) < 4.78 is 53.8. The SMILES string of the molecule is CC.CC.CC.CCC(COS(OS(O)(C(C)C)C(C)C)(C(C)C)C(C)C)OC(OCSCc1ccc(OC)cc1OC)n1ccc(=O)[nH]c1=O.COC. The highest BCUT2D eigenvalue weighted by Gasteiger charge is 2.40. The Kier molecular flexibility index (Phi) is 32.9. The molecule has 0 bridgehead atoms. The Morgan fingerprint density at radius 3 is 1.78 bits per heavy atom. The van der Waals surface area contributed by atoms with Gasteiger partial charge in [0.05, 0.1) is 32.9 Å². The van der Waals surface area contributed by atoms with Crippen LogP contribution in [0.1, 0.15) is 122 Å². The normalized spacial score (nSPS) is 13.0. The van der Waals surface area contributed by atoms with Crippen molar-refractivity contribution >= 4 is 32.9 Å². The molecule has 1 aromatic carbocycles. The summed E-state index contributed by atoms with van der Waals surface area (Å²) in [5.74, 6) is 2.14. The number of thioether (sulfide) groups is 1. The number of aromatic amines is 1. The zero-order valence-corrected chi connectivity index (χ0v) is 39.4. The first-order chi connectivity index (χ1) is 25.6. The van der Waals surface area contributed by atoms with E-state index in [0.29, 0.717) is 23.7 Å². The number of nitrogens with one attached hydrogen (secondary N) is 1. The van der Waals surface area contributed by atoms with Gasteiger partial charge in [-0.15, -0.1) is 11.8 Å². The summed E-state index contributed by atoms with van der Waals surface area (Å²) in [7, 11) is 1.77. The fraction of sp³-hybridized carbons (Fsp3) is 0.744. The third kappa shape index (κ3) is 18.5. The number of benzene rings is 1.